The van der Waals surface area contributed by atoms with Gasteiger partial charge in [-0.1, -0.05) is 0 Å². The van der Waals surface area contributed by atoms with Crippen molar-refractivity contribution in [2.24, 2.45) is 5.92 Å². The van der Waals surface area contributed by atoms with Gasteiger partial charge >= 0.3 is 6.03 Å². The van der Waals surface area contributed by atoms with Crippen molar-refractivity contribution in [2.75, 3.05) is 0 Å². The predicted octanol–water partition coefficient (Wildman–Crippen LogP) is 2.57. The number of quaternary nitrogens is 1. The second-order valence-electron chi connectivity index (χ2n) is 10.7. The van der Waals surface area contributed by atoms with E-state index in [-0.39, 0.29) is 29.1 Å². The molecule has 0 saturated carbocycles. The fraction of sp³-hybridized carbons (Fsp3) is 0.895. The molecule has 26 heavy (non-hydrogen) atoms. The highest BCUT2D eigenvalue weighted by molar-refractivity contribution is 5.73. The lowest BCUT2D eigenvalue weighted by molar-refractivity contribution is -0.990. The van der Waals surface area contributed by atoms with Gasteiger partial charge in [0.05, 0.1) is 18.1 Å². The highest BCUT2D eigenvalue weighted by Crippen LogP contribution is 2.53. The summed E-state index contributed by atoms with van der Waals surface area (Å²) < 4.78 is 4.61. The van der Waals surface area contributed by atoms with Gasteiger partial charge in [0.25, 0.3) is 0 Å². The topological polar surface area (TPSA) is 88.8 Å². The van der Waals surface area contributed by atoms with Crippen LogP contribution in [0.25, 0.3) is 0 Å². The molecule has 3 N–H and O–H groups in total. The summed E-state index contributed by atoms with van der Waals surface area (Å²) in [5, 5.41) is 20.5. The largest absolute Gasteiger partial charge is 0.605 e. The third kappa shape index (κ3) is 3.03. The zero-order valence-corrected chi connectivity index (χ0v) is 17.4. The Kier molecular flexibility index (Phi) is 4.25. The summed E-state index contributed by atoms with van der Waals surface area (Å²) >= 11 is 0. The highest BCUT2D eigenvalue weighted by atomic mass is 16.6. The molecule has 4 atom stereocenters. The molecule has 3 rings (SSSR count). The van der Waals surface area contributed by atoms with E-state index in [1.807, 2.05) is 27.7 Å². The third-order valence-electron chi connectivity index (χ3n) is 6.79. The molecular weight excluding hydrogens is 332 g/mol. The minimum Gasteiger partial charge on any atom is -0.605 e. The quantitative estimate of drug-likeness (QED) is 0.406. The summed E-state index contributed by atoms with van der Waals surface area (Å²) in [7, 11) is 0. The Hall–Kier alpha value is -0.890. The number of epoxide rings is 1. The van der Waals surface area contributed by atoms with Gasteiger partial charge in [-0.3, -0.25) is 0 Å². The summed E-state index contributed by atoms with van der Waals surface area (Å²) in [6.07, 6.45) is 1.53. The Bertz CT molecular complexity index is 598. The van der Waals surface area contributed by atoms with E-state index in [2.05, 4.69) is 43.8 Å². The normalized spacial score (nSPS) is 41.7. The number of nitrogens with zero attached hydrogens (tertiary/aromatic N) is 1. The molecule has 3 aliphatic heterocycles. The van der Waals surface area contributed by atoms with Crippen molar-refractivity contribution in [3.8, 4) is 0 Å². The zero-order valence-electron chi connectivity index (χ0n) is 17.4. The molecule has 1 radical (unpaired) electrons. The van der Waals surface area contributed by atoms with Crippen LogP contribution in [0.15, 0.2) is 0 Å². The summed E-state index contributed by atoms with van der Waals surface area (Å²) in [4.78, 5) is 12.8. The molecule has 3 saturated heterocycles. The summed E-state index contributed by atoms with van der Waals surface area (Å²) in [5.41, 5.74) is 1.18. The van der Waals surface area contributed by atoms with Crippen molar-refractivity contribution in [1.29, 1.82) is 0 Å². The third-order valence-corrected chi connectivity index (χ3v) is 6.79. The molecule has 3 heterocycles. The van der Waals surface area contributed by atoms with Crippen molar-refractivity contribution < 1.29 is 14.3 Å². The average molecular weight is 368 g/mol. The summed E-state index contributed by atoms with van der Waals surface area (Å²) in [6.45, 7) is 17.9. The number of hydrogen-bond acceptors (Lipinski definition) is 4. The lowest BCUT2D eigenvalue weighted by Gasteiger charge is -2.55. The van der Waals surface area contributed by atoms with Crippen molar-refractivity contribution in [3.63, 3.8) is 0 Å². The van der Waals surface area contributed by atoms with Crippen LogP contribution < -0.4 is 16.1 Å². The number of rotatable bonds is 3. The molecule has 149 valence electrons. The second kappa shape index (κ2) is 5.56. The molecule has 0 bridgehead atoms. The number of urea groups is 1. The molecule has 0 aromatic carbocycles. The van der Waals surface area contributed by atoms with Gasteiger partial charge in [0.2, 0.25) is 0 Å². The number of amides is 2. The maximum atomic E-state index is 13.9. The number of carbonyl (C=O) groups excluding carboxylic acids is 1. The number of ether oxygens (including phenoxy) is 1. The van der Waals surface area contributed by atoms with Crippen LogP contribution in [0.5, 0.6) is 0 Å². The van der Waals surface area contributed by atoms with Crippen LogP contribution in [0.4, 0.5) is 4.79 Å². The van der Waals surface area contributed by atoms with E-state index >= 15 is 0 Å². The minimum atomic E-state index is -0.756. The summed E-state index contributed by atoms with van der Waals surface area (Å²) in [5.74, 6) is 0.0822. The van der Waals surface area contributed by atoms with E-state index < -0.39 is 21.9 Å². The van der Waals surface area contributed by atoms with E-state index in [1.54, 1.807) is 6.61 Å². The van der Waals surface area contributed by atoms with Gasteiger partial charge < -0.3 is 20.6 Å². The SMILES string of the molecule is CC1(C)CC(NC(=O)N[N+]2([O-])C(C)(C)CC(C3[CH]O3)C2(C)C)C(C)(C)N1. The molecule has 0 aromatic rings. The van der Waals surface area contributed by atoms with E-state index in [9.17, 15) is 10.0 Å². The molecule has 7 heteroatoms. The first-order valence-electron chi connectivity index (χ1n) is 9.59. The maximum absolute atomic E-state index is 13.9. The van der Waals surface area contributed by atoms with E-state index in [1.165, 1.54) is 0 Å². The standard InChI is InChI=1S/C19H35N4O3/c1-16(2)10-14(18(5,6)22-16)20-15(24)21-23(25)17(3,4)9-12(13-11-26-13)19(23,7)8/h11-14,22H,9-10H2,1-8H3,(H2,20,21,24). The molecule has 7 nitrogen and oxygen atoms in total. The Labute approximate surface area is 157 Å². The fourth-order valence-corrected chi connectivity index (χ4v) is 5.32. The zero-order chi connectivity index (χ0) is 19.8. The Morgan fingerprint density at radius 2 is 1.73 bits per heavy atom. The Morgan fingerprint density at radius 3 is 2.19 bits per heavy atom. The van der Waals surface area contributed by atoms with Gasteiger partial charge in [-0.25, -0.2) is 9.55 Å². The molecule has 3 fully saturated rings. The number of carbonyl (C=O) groups is 1. The number of hydroxylamine groups is 2. The van der Waals surface area contributed by atoms with Gasteiger partial charge in [0, 0.05) is 17.5 Å². The Balaban J connectivity index is 1.75. The van der Waals surface area contributed by atoms with Gasteiger partial charge in [-0.05, 0) is 61.8 Å². The maximum Gasteiger partial charge on any atom is 0.359 e. The molecular formula is C19H35N4O3. The van der Waals surface area contributed by atoms with Crippen LogP contribution >= 0.6 is 0 Å². The average Bonchev–Trinajstić information content (AvgIpc) is 3.20. The highest BCUT2D eigenvalue weighted by Gasteiger charge is 2.65. The second-order valence-corrected chi connectivity index (χ2v) is 10.7. The van der Waals surface area contributed by atoms with Crippen molar-refractivity contribution >= 4 is 6.03 Å². The summed E-state index contributed by atoms with van der Waals surface area (Å²) in [6, 6.07) is -0.450. The van der Waals surface area contributed by atoms with Crippen LogP contribution in [0.1, 0.15) is 68.2 Å². The van der Waals surface area contributed by atoms with Gasteiger partial charge in [0.1, 0.15) is 17.7 Å². The fourth-order valence-electron chi connectivity index (χ4n) is 5.32. The number of nitrogens with one attached hydrogen (secondary N) is 3. The molecule has 0 aliphatic carbocycles. The first-order chi connectivity index (χ1) is 11.6. The molecule has 0 aromatic heterocycles. The van der Waals surface area contributed by atoms with Gasteiger partial charge in [-0.15, -0.1) is 0 Å². The van der Waals surface area contributed by atoms with Crippen molar-refractivity contribution in [2.45, 2.75) is 103 Å². The van der Waals surface area contributed by atoms with Crippen LogP contribution in [0.2, 0.25) is 0 Å². The first-order valence-corrected chi connectivity index (χ1v) is 9.59. The minimum absolute atomic E-state index is 0.0156. The molecule has 3 aliphatic rings. The van der Waals surface area contributed by atoms with Crippen LogP contribution in [0.3, 0.4) is 0 Å². The number of hydrogen-bond donors (Lipinski definition) is 3. The van der Waals surface area contributed by atoms with Crippen molar-refractivity contribution in [3.05, 3.63) is 11.8 Å². The molecule has 2 amide bonds. The van der Waals surface area contributed by atoms with E-state index in [4.69, 9.17) is 4.74 Å². The van der Waals surface area contributed by atoms with Gasteiger partial charge in [0.15, 0.2) is 0 Å². The van der Waals surface area contributed by atoms with Crippen LogP contribution in [-0.2, 0) is 4.74 Å². The molecule has 0 spiro atoms. The predicted molar refractivity (Wildman–Crippen MR) is 100 cm³/mol. The monoisotopic (exact) mass is 367 g/mol. The van der Waals surface area contributed by atoms with Crippen LogP contribution in [-0.4, -0.2) is 45.1 Å². The first kappa shape index (κ1) is 19.9. The Morgan fingerprint density at radius 1 is 1.15 bits per heavy atom. The smallest absolute Gasteiger partial charge is 0.359 e. The van der Waals surface area contributed by atoms with Gasteiger partial charge in [-0.2, -0.15) is 5.43 Å². The van der Waals surface area contributed by atoms with E-state index in [0.717, 1.165) is 6.42 Å². The molecule has 4 unspecified atom stereocenters. The lowest BCUT2D eigenvalue weighted by Crippen LogP contribution is -2.73. The van der Waals surface area contributed by atoms with Crippen LogP contribution in [0, 0.1) is 17.7 Å². The lowest BCUT2D eigenvalue weighted by atomic mass is 9.84. The van der Waals surface area contributed by atoms with Crippen molar-refractivity contribution in [1.82, 2.24) is 16.1 Å². The van der Waals surface area contributed by atoms with E-state index in [0.29, 0.717) is 6.42 Å².